The normalized spacial score (nSPS) is 10.9. The fourth-order valence-corrected chi connectivity index (χ4v) is 2.46. The number of halogens is 1. The van der Waals surface area contributed by atoms with E-state index in [4.69, 9.17) is 4.74 Å². The molecule has 6 nitrogen and oxygen atoms in total. The molecule has 0 aromatic carbocycles. The van der Waals surface area contributed by atoms with Crippen LogP contribution in [-0.2, 0) is 6.54 Å². The fourth-order valence-electron chi connectivity index (χ4n) is 1.94. The highest BCUT2D eigenvalue weighted by atomic mass is 79.9. The van der Waals surface area contributed by atoms with Gasteiger partial charge in [-0.25, -0.2) is 9.97 Å². The summed E-state index contributed by atoms with van der Waals surface area (Å²) in [6.07, 6.45) is 7.10. The van der Waals surface area contributed by atoms with Gasteiger partial charge in [0.15, 0.2) is 0 Å². The van der Waals surface area contributed by atoms with Crippen LogP contribution in [0, 0.1) is 0 Å². The minimum absolute atomic E-state index is 0.143. The Bertz CT molecular complexity index is 792. The number of nitrogens with zero attached hydrogens (tertiary/aromatic N) is 4. The van der Waals surface area contributed by atoms with Gasteiger partial charge >= 0.3 is 0 Å². The maximum absolute atomic E-state index is 12.0. The molecule has 0 spiro atoms. The largest absolute Gasteiger partial charge is 0.495 e. The van der Waals surface area contributed by atoms with Gasteiger partial charge in [-0.05, 0) is 22.0 Å². The van der Waals surface area contributed by atoms with E-state index >= 15 is 0 Å². The van der Waals surface area contributed by atoms with Gasteiger partial charge in [0.2, 0.25) is 5.78 Å². The lowest BCUT2D eigenvalue weighted by Gasteiger charge is -2.07. The van der Waals surface area contributed by atoms with Gasteiger partial charge in [0.1, 0.15) is 5.75 Å². The third kappa shape index (κ3) is 2.32. The maximum Gasteiger partial charge on any atom is 0.254 e. The van der Waals surface area contributed by atoms with E-state index in [1.54, 1.807) is 17.0 Å². The van der Waals surface area contributed by atoms with Crippen molar-refractivity contribution in [2.75, 3.05) is 7.11 Å². The highest BCUT2D eigenvalue weighted by molar-refractivity contribution is 9.10. The molecule has 0 radical (unpaired) electrons. The van der Waals surface area contributed by atoms with E-state index in [9.17, 15) is 4.79 Å². The number of pyridine rings is 1. The van der Waals surface area contributed by atoms with Gasteiger partial charge in [-0.1, -0.05) is 0 Å². The smallest absolute Gasteiger partial charge is 0.254 e. The first-order chi connectivity index (χ1) is 9.67. The van der Waals surface area contributed by atoms with Crippen LogP contribution in [0.2, 0.25) is 0 Å². The first-order valence-corrected chi connectivity index (χ1v) is 6.69. The van der Waals surface area contributed by atoms with Crippen molar-refractivity contribution in [3.8, 4) is 5.75 Å². The molecular formula is C13H11BrN4O2. The average Bonchev–Trinajstić information content (AvgIpc) is 2.84. The lowest BCUT2D eigenvalue weighted by atomic mass is 10.4. The van der Waals surface area contributed by atoms with Crippen molar-refractivity contribution in [2.45, 2.75) is 6.54 Å². The van der Waals surface area contributed by atoms with Gasteiger partial charge in [-0.15, -0.1) is 0 Å². The molecule has 102 valence electrons. The van der Waals surface area contributed by atoms with E-state index in [1.807, 2.05) is 22.9 Å². The number of imidazole rings is 1. The Morgan fingerprint density at radius 1 is 1.40 bits per heavy atom. The zero-order chi connectivity index (χ0) is 14.1. The molecule has 3 aromatic rings. The molecule has 0 unspecified atom stereocenters. The zero-order valence-corrected chi connectivity index (χ0v) is 12.2. The maximum atomic E-state index is 12.0. The fraction of sp³-hybridized carbons (Fsp3) is 0.154. The molecule has 3 aromatic heterocycles. The molecule has 0 amide bonds. The number of hydrogen-bond acceptors (Lipinski definition) is 4. The standard InChI is InChI=1S/C13H11BrN4O2/c1-20-11-5-12(19)18(8-10(11)14)7-9-6-17-4-2-3-15-13(17)16-9/h2-6,8H,7H2,1H3. The molecule has 20 heavy (non-hydrogen) atoms. The van der Waals surface area contributed by atoms with Crippen molar-refractivity contribution in [3.63, 3.8) is 0 Å². The molecule has 7 heteroatoms. The predicted octanol–water partition coefficient (Wildman–Crippen LogP) is 1.71. The SMILES string of the molecule is COc1cc(=O)n(Cc2cn3cccnc3n2)cc1Br. The third-order valence-corrected chi connectivity index (χ3v) is 3.48. The first kappa shape index (κ1) is 12.9. The lowest BCUT2D eigenvalue weighted by Crippen LogP contribution is -2.19. The Hall–Kier alpha value is -2.15. The molecule has 0 aliphatic heterocycles. The highest BCUT2D eigenvalue weighted by Crippen LogP contribution is 2.21. The summed E-state index contributed by atoms with van der Waals surface area (Å²) in [6.45, 7) is 0.380. The summed E-state index contributed by atoms with van der Waals surface area (Å²) >= 11 is 3.37. The van der Waals surface area contributed by atoms with Gasteiger partial charge in [-0.3, -0.25) is 9.20 Å². The van der Waals surface area contributed by atoms with Crippen LogP contribution in [0.3, 0.4) is 0 Å². The van der Waals surface area contributed by atoms with Crippen molar-refractivity contribution >= 4 is 21.7 Å². The highest BCUT2D eigenvalue weighted by Gasteiger charge is 2.08. The second kappa shape index (κ2) is 5.09. The lowest BCUT2D eigenvalue weighted by molar-refractivity contribution is 0.409. The van der Waals surface area contributed by atoms with E-state index in [1.165, 1.54) is 13.2 Å². The van der Waals surface area contributed by atoms with Crippen LogP contribution in [0.15, 0.2) is 46.2 Å². The van der Waals surface area contributed by atoms with Crippen molar-refractivity contribution in [2.24, 2.45) is 0 Å². The summed E-state index contributed by atoms with van der Waals surface area (Å²) in [5.41, 5.74) is 0.623. The van der Waals surface area contributed by atoms with E-state index in [-0.39, 0.29) is 5.56 Å². The number of fused-ring (bicyclic) bond motifs is 1. The van der Waals surface area contributed by atoms with E-state index < -0.39 is 0 Å². The first-order valence-electron chi connectivity index (χ1n) is 5.90. The van der Waals surface area contributed by atoms with Crippen LogP contribution in [0.25, 0.3) is 5.78 Å². The van der Waals surface area contributed by atoms with Crippen LogP contribution in [0.4, 0.5) is 0 Å². The Labute approximate surface area is 122 Å². The summed E-state index contributed by atoms with van der Waals surface area (Å²) < 4.78 is 9.19. The van der Waals surface area contributed by atoms with Crippen molar-refractivity contribution in [3.05, 3.63) is 57.4 Å². The second-order valence-corrected chi connectivity index (χ2v) is 5.07. The summed E-state index contributed by atoms with van der Waals surface area (Å²) in [5.74, 6) is 1.13. The quantitative estimate of drug-likeness (QED) is 0.731. The number of aromatic nitrogens is 4. The summed E-state index contributed by atoms with van der Waals surface area (Å²) in [5, 5.41) is 0. The van der Waals surface area contributed by atoms with Crippen LogP contribution in [-0.4, -0.2) is 26.0 Å². The molecule has 3 heterocycles. The van der Waals surface area contributed by atoms with Crippen LogP contribution in [0.5, 0.6) is 5.75 Å². The van der Waals surface area contributed by atoms with E-state index in [0.717, 1.165) is 10.2 Å². The Kier molecular flexibility index (Phi) is 3.27. The minimum Gasteiger partial charge on any atom is -0.495 e. The monoisotopic (exact) mass is 334 g/mol. The number of hydrogen-bond donors (Lipinski definition) is 0. The van der Waals surface area contributed by atoms with Gasteiger partial charge < -0.3 is 9.30 Å². The topological polar surface area (TPSA) is 61.4 Å². The Morgan fingerprint density at radius 3 is 3.00 bits per heavy atom. The number of rotatable bonds is 3. The molecule has 0 bridgehead atoms. The molecule has 0 aliphatic rings. The summed E-state index contributed by atoms with van der Waals surface area (Å²) in [4.78, 5) is 20.5. The molecule has 0 saturated heterocycles. The number of ether oxygens (including phenoxy) is 1. The van der Waals surface area contributed by atoms with E-state index in [0.29, 0.717) is 18.1 Å². The molecule has 0 aliphatic carbocycles. The van der Waals surface area contributed by atoms with Crippen molar-refractivity contribution < 1.29 is 4.74 Å². The van der Waals surface area contributed by atoms with Gasteiger partial charge in [0, 0.05) is 30.9 Å². The molecule has 0 saturated carbocycles. The molecule has 0 N–H and O–H groups in total. The second-order valence-electron chi connectivity index (χ2n) is 4.22. The predicted molar refractivity (Wildman–Crippen MR) is 77.0 cm³/mol. The van der Waals surface area contributed by atoms with Crippen LogP contribution in [0.1, 0.15) is 5.69 Å². The molecule has 3 rings (SSSR count). The zero-order valence-electron chi connectivity index (χ0n) is 10.7. The molecule has 0 fully saturated rings. The van der Waals surface area contributed by atoms with Crippen molar-refractivity contribution in [1.82, 2.24) is 18.9 Å². The van der Waals surface area contributed by atoms with Crippen LogP contribution >= 0.6 is 15.9 Å². The number of methoxy groups -OCH3 is 1. The Balaban J connectivity index is 1.98. The minimum atomic E-state index is -0.143. The Morgan fingerprint density at radius 2 is 2.25 bits per heavy atom. The van der Waals surface area contributed by atoms with Crippen molar-refractivity contribution in [1.29, 1.82) is 0 Å². The third-order valence-electron chi connectivity index (χ3n) is 2.88. The molecular weight excluding hydrogens is 324 g/mol. The molecule has 0 atom stereocenters. The van der Waals surface area contributed by atoms with Gasteiger partial charge in [0.05, 0.1) is 23.8 Å². The summed E-state index contributed by atoms with van der Waals surface area (Å²) in [6, 6.07) is 3.27. The van der Waals surface area contributed by atoms with Gasteiger partial charge in [0.25, 0.3) is 5.56 Å². The average molecular weight is 335 g/mol. The van der Waals surface area contributed by atoms with E-state index in [2.05, 4.69) is 25.9 Å². The summed E-state index contributed by atoms with van der Waals surface area (Å²) in [7, 11) is 1.53. The van der Waals surface area contributed by atoms with Crippen LogP contribution < -0.4 is 10.3 Å². The van der Waals surface area contributed by atoms with Gasteiger partial charge in [-0.2, -0.15) is 0 Å².